The quantitative estimate of drug-likeness (QED) is 0.270. The van der Waals surface area contributed by atoms with Gasteiger partial charge >= 0.3 is 0 Å². The molecule has 2 N–H and O–H groups in total. The zero-order chi connectivity index (χ0) is 24.1. The van der Waals surface area contributed by atoms with Crippen molar-refractivity contribution in [1.29, 1.82) is 0 Å². The van der Waals surface area contributed by atoms with Crippen LogP contribution >= 0.6 is 0 Å². The van der Waals surface area contributed by atoms with Gasteiger partial charge in [0, 0.05) is 11.3 Å². The molecule has 0 aromatic heterocycles. The lowest BCUT2D eigenvalue weighted by Crippen LogP contribution is -2.31. The molecule has 170 valence electrons. The first-order valence-corrected chi connectivity index (χ1v) is 11.6. The summed E-state index contributed by atoms with van der Waals surface area (Å²) in [5, 5.41) is 12.4. The predicted molar refractivity (Wildman–Crippen MR) is 141 cm³/mol. The molecule has 0 unspecified atom stereocenters. The molecule has 5 aromatic rings. The number of phenolic OH excluding ortho intramolecular Hbond substituents is 1. The fourth-order valence-electron chi connectivity index (χ4n) is 4.68. The molecular formula is C32H25NO2. The fourth-order valence-corrected chi connectivity index (χ4v) is 4.68. The molecule has 0 spiro atoms. The molecule has 3 heteroatoms. The summed E-state index contributed by atoms with van der Waals surface area (Å²) in [5.41, 5.74) is 5.26. The van der Waals surface area contributed by atoms with Gasteiger partial charge in [0.25, 0.3) is 5.91 Å². The Bertz CT molecular complexity index is 1300. The number of carbonyl (C=O) groups is 1. The van der Waals surface area contributed by atoms with Gasteiger partial charge in [-0.25, -0.2) is 0 Å². The van der Waals surface area contributed by atoms with Gasteiger partial charge < -0.3 is 10.4 Å². The molecule has 0 fully saturated rings. The van der Waals surface area contributed by atoms with Gasteiger partial charge in [-0.1, -0.05) is 103 Å². The first-order chi connectivity index (χ1) is 17.2. The SMILES string of the molecule is O=C(Nc1ccc(C(c2ccccc2)(c2ccccc2)c2ccccc2)cc1)c1ccc(O)cc1. The van der Waals surface area contributed by atoms with Crippen LogP contribution in [0.2, 0.25) is 0 Å². The second-order valence-corrected chi connectivity index (χ2v) is 8.43. The first-order valence-electron chi connectivity index (χ1n) is 11.6. The number of aromatic hydroxyl groups is 1. The highest BCUT2D eigenvalue weighted by atomic mass is 16.3. The summed E-state index contributed by atoms with van der Waals surface area (Å²) < 4.78 is 0. The summed E-state index contributed by atoms with van der Waals surface area (Å²) in [6, 6.07) is 45.8. The summed E-state index contributed by atoms with van der Waals surface area (Å²) in [6.45, 7) is 0. The first kappa shape index (κ1) is 22.2. The zero-order valence-electron chi connectivity index (χ0n) is 19.1. The Labute approximate surface area is 205 Å². The van der Waals surface area contributed by atoms with Crippen molar-refractivity contribution < 1.29 is 9.90 Å². The van der Waals surface area contributed by atoms with Crippen molar-refractivity contribution in [1.82, 2.24) is 0 Å². The Morgan fingerprint density at radius 3 is 1.34 bits per heavy atom. The number of hydrogen-bond acceptors (Lipinski definition) is 2. The molecule has 0 saturated carbocycles. The highest BCUT2D eigenvalue weighted by Gasteiger charge is 2.38. The van der Waals surface area contributed by atoms with Crippen molar-refractivity contribution in [2.24, 2.45) is 0 Å². The summed E-state index contributed by atoms with van der Waals surface area (Å²) in [4.78, 5) is 12.7. The molecule has 1 amide bonds. The van der Waals surface area contributed by atoms with Crippen molar-refractivity contribution >= 4 is 11.6 Å². The van der Waals surface area contributed by atoms with Crippen molar-refractivity contribution in [2.75, 3.05) is 5.32 Å². The van der Waals surface area contributed by atoms with E-state index in [4.69, 9.17) is 0 Å². The number of rotatable bonds is 6. The highest BCUT2D eigenvalue weighted by molar-refractivity contribution is 6.04. The van der Waals surface area contributed by atoms with Gasteiger partial charge in [-0.3, -0.25) is 4.79 Å². The largest absolute Gasteiger partial charge is 0.508 e. The average Bonchev–Trinajstić information content (AvgIpc) is 2.92. The van der Waals surface area contributed by atoms with Gasteiger partial charge in [0.15, 0.2) is 0 Å². The van der Waals surface area contributed by atoms with E-state index in [1.165, 1.54) is 28.8 Å². The number of anilines is 1. The van der Waals surface area contributed by atoms with E-state index in [0.29, 0.717) is 11.3 Å². The van der Waals surface area contributed by atoms with Crippen LogP contribution in [0, 0.1) is 0 Å². The molecular weight excluding hydrogens is 430 g/mol. The Hall–Kier alpha value is -4.63. The lowest BCUT2D eigenvalue weighted by molar-refractivity contribution is 0.102. The second kappa shape index (κ2) is 9.70. The Balaban J connectivity index is 1.61. The second-order valence-electron chi connectivity index (χ2n) is 8.43. The van der Waals surface area contributed by atoms with Crippen LogP contribution in [0.1, 0.15) is 32.6 Å². The molecule has 0 atom stereocenters. The van der Waals surface area contributed by atoms with Crippen LogP contribution in [-0.4, -0.2) is 11.0 Å². The van der Waals surface area contributed by atoms with Crippen molar-refractivity contribution in [3.8, 4) is 5.75 Å². The van der Waals surface area contributed by atoms with Gasteiger partial charge in [0.1, 0.15) is 5.75 Å². The average molecular weight is 456 g/mol. The minimum absolute atomic E-state index is 0.130. The van der Waals surface area contributed by atoms with Crippen LogP contribution < -0.4 is 5.32 Å². The third kappa shape index (κ3) is 4.32. The number of benzene rings is 5. The highest BCUT2D eigenvalue weighted by Crippen LogP contribution is 2.45. The zero-order valence-corrected chi connectivity index (χ0v) is 19.1. The number of hydrogen-bond donors (Lipinski definition) is 2. The van der Waals surface area contributed by atoms with E-state index in [0.717, 1.165) is 5.56 Å². The number of amides is 1. The molecule has 3 nitrogen and oxygen atoms in total. The maximum absolute atomic E-state index is 12.7. The molecule has 0 bridgehead atoms. The number of phenols is 1. The smallest absolute Gasteiger partial charge is 0.255 e. The van der Waals surface area contributed by atoms with Crippen molar-refractivity contribution in [3.63, 3.8) is 0 Å². The van der Waals surface area contributed by atoms with Gasteiger partial charge in [0.2, 0.25) is 0 Å². The minimum Gasteiger partial charge on any atom is -0.508 e. The molecule has 0 saturated heterocycles. The molecule has 0 radical (unpaired) electrons. The lowest BCUT2D eigenvalue weighted by Gasteiger charge is -2.37. The monoisotopic (exact) mass is 455 g/mol. The van der Waals surface area contributed by atoms with E-state index in [1.807, 2.05) is 30.3 Å². The van der Waals surface area contributed by atoms with Crippen LogP contribution in [0.25, 0.3) is 0 Å². The van der Waals surface area contributed by atoms with Crippen LogP contribution in [0.3, 0.4) is 0 Å². The molecule has 0 aliphatic carbocycles. The minimum atomic E-state index is -0.525. The van der Waals surface area contributed by atoms with Gasteiger partial charge in [-0.05, 0) is 58.7 Å². The summed E-state index contributed by atoms with van der Waals surface area (Å²) in [6.07, 6.45) is 0. The Morgan fingerprint density at radius 2 is 0.914 bits per heavy atom. The van der Waals surface area contributed by atoms with E-state index in [9.17, 15) is 9.90 Å². The maximum Gasteiger partial charge on any atom is 0.255 e. The topological polar surface area (TPSA) is 49.3 Å². The Morgan fingerprint density at radius 1 is 0.514 bits per heavy atom. The van der Waals surface area contributed by atoms with Crippen molar-refractivity contribution in [3.05, 3.63) is 167 Å². The van der Waals surface area contributed by atoms with Crippen molar-refractivity contribution in [2.45, 2.75) is 5.41 Å². The van der Waals surface area contributed by atoms with E-state index in [-0.39, 0.29) is 11.7 Å². The summed E-state index contributed by atoms with van der Waals surface area (Å²) in [5.74, 6) is -0.0943. The molecule has 0 aliphatic rings. The molecule has 0 heterocycles. The van der Waals surface area contributed by atoms with Crippen LogP contribution in [0.15, 0.2) is 140 Å². The standard InChI is InChI=1S/C32H25NO2/c34-30-22-16-24(17-23-30)31(35)33-29-20-18-28(19-21-29)32(25-10-4-1-5-11-25,26-12-6-2-7-13-26)27-14-8-3-9-15-27/h1-23,34H,(H,33,35). The van der Waals surface area contributed by atoms with Gasteiger partial charge in [0.05, 0.1) is 5.41 Å². The molecule has 5 rings (SSSR count). The van der Waals surface area contributed by atoms with E-state index in [1.54, 1.807) is 12.1 Å². The number of nitrogens with one attached hydrogen (secondary N) is 1. The normalized spacial score (nSPS) is 11.1. The predicted octanol–water partition coefficient (Wildman–Crippen LogP) is 7.03. The lowest BCUT2D eigenvalue weighted by atomic mass is 9.65. The molecule has 0 aliphatic heterocycles. The third-order valence-corrected chi connectivity index (χ3v) is 6.33. The third-order valence-electron chi connectivity index (χ3n) is 6.33. The van der Waals surface area contributed by atoms with Gasteiger partial charge in [-0.2, -0.15) is 0 Å². The van der Waals surface area contributed by atoms with Gasteiger partial charge in [-0.15, -0.1) is 0 Å². The number of carbonyl (C=O) groups excluding carboxylic acids is 1. The maximum atomic E-state index is 12.7. The van der Waals surface area contributed by atoms with Crippen LogP contribution in [0.5, 0.6) is 5.75 Å². The van der Waals surface area contributed by atoms with E-state index >= 15 is 0 Å². The van der Waals surface area contributed by atoms with Crippen LogP contribution in [0.4, 0.5) is 5.69 Å². The summed E-state index contributed by atoms with van der Waals surface area (Å²) in [7, 11) is 0. The van der Waals surface area contributed by atoms with E-state index < -0.39 is 5.41 Å². The van der Waals surface area contributed by atoms with Crippen LogP contribution in [-0.2, 0) is 5.41 Å². The molecule has 5 aromatic carbocycles. The van der Waals surface area contributed by atoms with E-state index in [2.05, 4.69) is 90.2 Å². The fraction of sp³-hybridized carbons (Fsp3) is 0.0312. The molecule has 35 heavy (non-hydrogen) atoms. The summed E-state index contributed by atoms with van der Waals surface area (Å²) >= 11 is 0. The Kier molecular flexibility index (Phi) is 6.15.